The second kappa shape index (κ2) is 12.0. The molecule has 10 nitrogen and oxygen atoms in total. The Morgan fingerprint density at radius 1 is 1.15 bits per heavy atom. The van der Waals surface area contributed by atoms with Gasteiger partial charge in [0.2, 0.25) is 17.7 Å². The molecule has 5 amide bonds. The fraction of sp³-hybridized carbons (Fsp3) is 0.286. The van der Waals surface area contributed by atoms with E-state index < -0.39 is 53.5 Å². The number of nitrogens with two attached hydrogens (primary N) is 1. The fourth-order valence-electron chi connectivity index (χ4n) is 4.76. The highest BCUT2D eigenvalue weighted by Crippen LogP contribution is 2.22. The van der Waals surface area contributed by atoms with Crippen molar-refractivity contribution in [1.82, 2.24) is 20.5 Å². The van der Waals surface area contributed by atoms with E-state index in [2.05, 4.69) is 20.9 Å². The number of hydrogen-bond donors (Lipinski definition) is 5. The number of aromatic nitrogens is 1. The SMILES string of the molecule is CC(C)=CC(=O)N1CCC(NC(=O)Nc2ccc(F)cc2F)C1C(=O)NC(Cc1c[nH]c2ccccc12)C(N)=O. The topological polar surface area (TPSA) is 149 Å². The minimum Gasteiger partial charge on any atom is -0.368 e. The normalized spacial score (nSPS) is 17.2. The van der Waals surface area contributed by atoms with E-state index >= 15 is 0 Å². The van der Waals surface area contributed by atoms with Crippen LogP contribution in [0, 0.1) is 11.6 Å². The number of fused-ring (bicyclic) bond motifs is 1. The summed E-state index contributed by atoms with van der Waals surface area (Å²) in [6, 6.07) is 6.13. The van der Waals surface area contributed by atoms with Gasteiger partial charge in [0.1, 0.15) is 23.7 Å². The smallest absolute Gasteiger partial charge is 0.319 e. The van der Waals surface area contributed by atoms with E-state index in [0.717, 1.165) is 28.6 Å². The number of carbonyl (C=O) groups is 4. The molecule has 12 heteroatoms. The number of H-pyrrole nitrogens is 1. The summed E-state index contributed by atoms with van der Waals surface area (Å²) in [6.07, 6.45) is 3.41. The molecular weight excluding hydrogens is 522 g/mol. The van der Waals surface area contributed by atoms with Gasteiger partial charge in [-0.05, 0) is 44.0 Å². The van der Waals surface area contributed by atoms with Gasteiger partial charge in [-0.3, -0.25) is 14.4 Å². The number of aromatic amines is 1. The predicted octanol–water partition coefficient (Wildman–Crippen LogP) is 2.72. The highest BCUT2D eigenvalue weighted by Gasteiger charge is 2.43. The van der Waals surface area contributed by atoms with E-state index in [0.29, 0.717) is 11.6 Å². The zero-order chi connectivity index (χ0) is 29.0. The van der Waals surface area contributed by atoms with Gasteiger partial charge in [-0.1, -0.05) is 23.8 Å². The Morgan fingerprint density at radius 3 is 2.60 bits per heavy atom. The predicted molar refractivity (Wildman–Crippen MR) is 145 cm³/mol. The maximum atomic E-state index is 14.0. The van der Waals surface area contributed by atoms with Crippen molar-refractivity contribution >= 4 is 40.3 Å². The van der Waals surface area contributed by atoms with Crippen LogP contribution in [0.1, 0.15) is 25.8 Å². The molecule has 6 N–H and O–H groups in total. The lowest BCUT2D eigenvalue weighted by molar-refractivity contribution is -0.137. The van der Waals surface area contributed by atoms with Crippen LogP contribution in [-0.4, -0.2) is 58.3 Å². The van der Waals surface area contributed by atoms with Gasteiger partial charge in [-0.15, -0.1) is 0 Å². The Hall–Kier alpha value is -4.74. The van der Waals surface area contributed by atoms with Gasteiger partial charge in [-0.25, -0.2) is 13.6 Å². The third-order valence-corrected chi connectivity index (χ3v) is 6.62. The lowest BCUT2D eigenvalue weighted by Crippen LogP contribution is -2.58. The van der Waals surface area contributed by atoms with Gasteiger partial charge in [0, 0.05) is 42.2 Å². The number of hydrogen-bond acceptors (Lipinski definition) is 4. The highest BCUT2D eigenvalue weighted by molar-refractivity contribution is 5.97. The Labute approximate surface area is 229 Å². The summed E-state index contributed by atoms with van der Waals surface area (Å²) in [5.41, 5.74) is 7.70. The summed E-state index contributed by atoms with van der Waals surface area (Å²) in [5.74, 6) is -3.68. The standard InChI is InChI=1S/C28H30F2N6O4/c1-15(2)11-24(37)36-10-9-22(35-28(40)34-21-8-7-17(29)13-19(21)30)25(36)27(39)33-23(26(31)38)12-16-14-32-20-6-4-3-5-18(16)20/h3-8,11,13-14,22-23,25,32H,9-10,12H2,1-2H3,(H2,31,38)(H,33,39)(H2,34,35,40). The van der Waals surface area contributed by atoms with Crippen LogP contribution in [0.5, 0.6) is 0 Å². The number of benzene rings is 2. The Kier molecular flexibility index (Phi) is 8.46. The van der Waals surface area contributed by atoms with Crippen LogP contribution < -0.4 is 21.7 Å². The van der Waals surface area contributed by atoms with Crippen molar-refractivity contribution in [2.75, 3.05) is 11.9 Å². The fourth-order valence-corrected chi connectivity index (χ4v) is 4.76. The summed E-state index contributed by atoms with van der Waals surface area (Å²) in [7, 11) is 0. The average molecular weight is 553 g/mol. The minimum absolute atomic E-state index is 0.0994. The molecule has 1 aliphatic heterocycles. The number of allylic oxidation sites excluding steroid dienone is 1. The molecule has 4 rings (SSSR count). The quantitative estimate of drug-likeness (QED) is 0.273. The summed E-state index contributed by atoms with van der Waals surface area (Å²) in [6.45, 7) is 3.60. The number of amides is 5. The maximum Gasteiger partial charge on any atom is 0.319 e. The van der Waals surface area contributed by atoms with Gasteiger partial charge < -0.3 is 31.6 Å². The monoisotopic (exact) mass is 552 g/mol. The molecule has 2 heterocycles. The molecule has 3 aromatic rings. The molecule has 0 bridgehead atoms. The van der Waals surface area contributed by atoms with E-state index in [-0.39, 0.29) is 25.1 Å². The second-order valence-corrected chi connectivity index (χ2v) is 9.84. The molecular formula is C28H30F2N6O4. The van der Waals surface area contributed by atoms with Crippen molar-refractivity contribution in [3.05, 3.63) is 77.5 Å². The maximum absolute atomic E-state index is 14.0. The average Bonchev–Trinajstić information content (AvgIpc) is 3.49. The largest absolute Gasteiger partial charge is 0.368 e. The molecule has 0 radical (unpaired) electrons. The van der Waals surface area contributed by atoms with Gasteiger partial charge in [0.05, 0.1) is 11.7 Å². The molecule has 0 aliphatic carbocycles. The molecule has 0 saturated carbocycles. The number of rotatable bonds is 8. The van der Waals surface area contributed by atoms with Crippen LogP contribution in [0.25, 0.3) is 10.9 Å². The summed E-state index contributed by atoms with van der Waals surface area (Å²) >= 11 is 0. The molecule has 210 valence electrons. The van der Waals surface area contributed by atoms with Crippen LogP contribution in [0.15, 0.2) is 60.3 Å². The van der Waals surface area contributed by atoms with Gasteiger partial charge >= 0.3 is 6.03 Å². The van der Waals surface area contributed by atoms with Crippen LogP contribution in [0.4, 0.5) is 19.3 Å². The summed E-state index contributed by atoms with van der Waals surface area (Å²) in [5, 5.41) is 8.41. The van der Waals surface area contributed by atoms with Crippen LogP contribution in [0.2, 0.25) is 0 Å². The number of nitrogens with zero attached hydrogens (tertiary/aromatic N) is 1. The van der Waals surface area contributed by atoms with Crippen LogP contribution >= 0.6 is 0 Å². The first-order chi connectivity index (χ1) is 19.0. The number of nitrogens with one attached hydrogen (secondary N) is 4. The number of para-hydroxylation sites is 1. The van der Waals surface area contributed by atoms with E-state index in [4.69, 9.17) is 5.73 Å². The third-order valence-electron chi connectivity index (χ3n) is 6.62. The number of halogens is 2. The van der Waals surface area contributed by atoms with Crippen molar-refractivity contribution in [2.24, 2.45) is 5.73 Å². The first-order valence-electron chi connectivity index (χ1n) is 12.7. The second-order valence-electron chi connectivity index (χ2n) is 9.84. The van der Waals surface area contributed by atoms with Crippen molar-refractivity contribution in [2.45, 2.75) is 44.8 Å². The first kappa shape index (κ1) is 28.3. The van der Waals surface area contributed by atoms with E-state index in [1.54, 1.807) is 20.0 Å². The van der Waals surface area contributed by atoms with E-state index in [1.165, 1.54) is 11.0 Å². The van der Waals surface area contributed by atoms with Crippen molar-refractivity contribution in [3.8, 4) is 0 Å². The highest BCUT2D eigenvalue weighted by atomic mass is 19.1. The molecule has 1 saturated heterocycles. The summed E-state index contributed by atoms with van der Waals surface area (Å²) < 4.78 is 27.3. The van der Waals surface area contributed by atoms with Crippen molar-refractivity contribution in [3.63, 3.8) is 0 Å². The molecule has 3 unspecified atom stereocenters. The van der Waals surface area contributed by atoms with Gasteiger partial charge in [0.25, 0.3) is 0 Å². The zero-order valence-corrected chi connectivity index (χ0v) is 22.0. The molecule has 1 fully saturated rings. The molecule has 0 spiro atoms. The lowest BCUT2D eigenvalue weighted by atomic mass is 10.0. The Bertz CT molecular complexity index is 1480. The van der Waals surface area contributed by atoms with Gasteiger partial charge in [0.15, 0.2) is 0 Å². The number of primary amides is 1. The Morgan fingerprint density at radius 2 is 1.90 bits per heavy atom. The molecule has 3 atom stereocenters. The van der Waals surface area contributed by atoms with Crippen LogP contribution in [-0.2, 0) is 20.8 Å². The van der Waals surface area contributed by atoms with Crippen molar-refractivity contribution in [1.29, 1.82) is 0 Å². The number of carbonyl (C=O) groups excluding carboxylic acids is 4. The zero-order valence-electron chi connectivity index (χ0n) is 22.0. The summed E-state index contributed by atoms with van der Waals surface area (Å²) in [4.78, 5) is 56.0. The molecule has 1 aromatic heterocycles. The van der Waals surface area contributed by atoms with Crippen LogP contribution in [0.3, 0.4) is 0 Å². The number of likely N-dealkylation sites (tertiary alicyclic amines) is 1. The number of urea groups is 1. The Balaban J connectivity index is 1.54. The van der Waals surface area contributed by atoms with Crippen molar-refractivity contribution < 1.29 is 28.0 Å². The molecule has 2 aromatic carbocycles. The lowest BCUT2D eigenvalue weighted by Gasteiger charge is -2.28. The van der Waals surface area contributed by atoms with Gasteiger partial charge in [-0.2, -0.15) is 0 Å². The van der Waals surface area contributed by atoms with E-state index in [1.807, 2.05) is 24.3 Å². The molecule has 40 heavy (non-hydrogen) atoms. The first-order valence-corrected chi connectivity index (χ1v) is 12.7. The molecule has 1 aliphatic rings. The number of anilines is 1. The van der Waals surface area contributed by atoms with E-state index in [9.17, 15) is 28.0 Å². The minimum atomic E-state index is -1.18. The third kappa shape index (κ3) is 6.45.